The molecule has 0 saturated heterocycles. The lowest BCUT2D eigenvalue weighted by Gasteiger charge is -2.19. The number of rotatable bonds is 5. The van der Waals surface area contributed by atoms with Gasteiger partial charge in [-0.3, -0.25) is 0 Å². The smallest absolute Gasteiger partial charge is 0.169 e. The molecule has 0 saturated carbocycles. The van der Waals surface area contributed by atoms with E-state index in [1.807, 2.05) is 13.8 Å². The summed E-state index contributed by atoms with van der Waals surface area (Å²) in [5.41, 5.74) is 1.54. The number of benzene rings is 2. The van der Waals surface area contributed by atoms with E-state index in [1.165, 1.54) is 13.2 Å². The molecule has 22 heavy (non-hydrogen) atoms. The molecule has 0 aliphatic carbocycles. The fourth-order valence-electron chi connectivity index (χ4n) is 2.27. The predicted octanol–water partition coefficient (Wildman–Crippen LogP) is 3.26. The molecule has 0 bridgehead atoms. The third kappa shape index (κ3) is 3.23. The van der Waals surface area contributed by atoms with Crippen LogP contribution in [0.15, 0.2) is 41.3 Å². The third-order valence-corrected chi connectivity index (χ3v) is 4.22. The number of aryl methyl sites for hydroxylation is 1. The van der Waals surface area contributed by atoms with E-state index < -0.39 is 10.1 Å². The molecule has 0 atom stereocenters. The molecule has 0 heterocycles. The van der Waals surface area contributed by atoms with E-state index in [0.717, 1.165) is 5.56 Å². The predicted molar refractivity (Wildman–Crippen MR) is 81.6 cm³/mol. The minimum Gasteiger partial charge on any atom is -0.744 e. The molecular weight excluding hydrogens is 304 g/mol. The minimum atomic E-state index is -4.64. The van der Waals surface area contributed by atoms with Crippen LogP contribution in [0.25, 0.3) is 0 Å². The summed E-state index contributed by atoms with van der Waals surface area (Å²) in [5.74, 6) is 0.887. The Kier molecular flexibility index (Phi) is 4.73. The Balaban J connectivity index is 2.65. The van der Waals surface area contributed by atoms with Crippen molar-refractivity contribution in [2.75, 3.05) is 7.11 Å². The number of ether oxygens (including phenoxy) is 2. The standard InChI is InChI=1S/C16H18O5S/c1-4-12-11(2)9-10-15(22(17,18)19)16(12)21-14-8-6-5-7-13(14)20-3/h5-10H,4H2,1-3H3,(H,17,18,19)/p-1. The van der Waals surface area contributed by atoms with E-state index in [2.05, 4.69) is 0 Å². The number of hydrogen-bond acceptors (Lipinski definition) is 5. The highest BCUT2D eigenvalue weighted by Crippen LogP contribution is 2.38. The van der Waals surface area contributed by atoms with Gasteiger partial charge in [-0.1, -0.05) is 25.1 Å². The van der Waals surface area contributed by atoms with Crippen LogP contribution in [0.5, 0.6) is 17.2 Å². The lowest BCUT2D eigenvalue weighted by molar-refractivity contribution is 0.372. The summed E-state index contributed by atoms with van der Waals surface area (Å²) < 4.78 is 45.5. The average molecular weight is 321 g/mol. The second-order valence-electron chi connectivity index (χ2n) is 4.75. The van der Waals surface area contributed by atoms with Crippen LogP contribution in [0.2, 0.25) is 0 Å². The number of para-hydroxylation sites is 2. The molecule has 0 fully saturated rings. The van der Waals surface area contributed by atoms with Gasteiger partial charge in [-0.05, 0) is 42.7 Å². The maximum Gasteiger partial charge on any atom is 0.169 e. The van der Waals surface area contributed by atoms with Crippen molar-refractivity contribution >= 4 is 10.1 Å². The fraction of sp³-hybridized carbons (Fsp3) is 0.250. The SMILES string of the molecule is CCc1c(C)ccc(S(=O)(=O)[O-])c1Oc1ccccc1OC. The van der Waals surface area contributed by atoms with Crippen molar-refractivity contribution in [3.63, 3.8) is 0 Å². The topological polar surface area (TPSA) is 75.7 Å². The van der Waals surface area contributed by atoms with Crippen LogP contribution >= 0.6 is 0 Å². The summed E-state index contributed by atoms with van der Waals surface area (Å²) in [6.07, 6.45) is 0.541. The van der Waals surface area contributed by atoms with Crippen molar-refractivity contribution in [1.82, 2.24) is 0 Å². The molecule has 0 amide bonds. The highest BCUT2D eigenvalue weighted by Gasteiger charge is 2.18. The van der Waals surface area contributed by atoms with Crippen LogP contribution in [0, 0.1) is 6.92 Å². The molecule has 6 heteroatoms. The molecule has 0 radical (unpaired) electrons. The van der Waals surface area contributed by atoms with Gasteiger partial charge in [0, 0.05) is 0 Å². The molecule has 0 N–H and O–H groups in total. The normalized spacial score (nSPS) is 11.3. The molecule has 0 aromatic heterocycles. The van der Waals surface area contributed by atoms with Crippen LogP contribution in [0.1, 0.15) is 18.1 Å². The summed E-state index contributed by atoms with van der Waals surface area (Å²) in [5, 5.41) is 0. The number of hydrogen-bond donors (Lipinski definition) is 0. The van der Waals surface area contributed by atoms with Crippen LogP contribution in [-0.4, -0.2) is 20.1 Å². The van der Waals surface area contributed by atoms with Crippen molar-refractivity contribution in [2.45, 2.75) is 25.2 Å². The van der Waals surface area contributed by atoms with Crippen molar-refractivity contribution in [1.29, 1.82) is 0 Å². The maximum atomic E-state index is 11.5. The first-order valence-corrected chi connectivity index (χ1v) is 8.18. The highest BCUT2D eigenvalue weighted by atomic mass is 32.2. The van der Waals surface area contributed by atoms with Crippen LogP contribution < -0.4 is 9.47 Å². The van der Waals surface area contributed by atoms with Gasteiger partial charge < -0.3 is 14.0 Å². The Hall–Kier alpha value is -2.05. The van der Waals surface area contributed by atoms with Gasteiger partial charge in [0.2, 0.25) is 0 Å². The molecule has 118 valence electrons. The highest BCUT2D eigenvalue weighted by molar-refractivity contribution is 7.85. The molecule has 0 spiro atoms. The van der Waals surface area contributed by atoms with Crippen molar-refractivity contribution in [3.8, 4) is 17.2 Å². The van der Waals surface area contributed by atoms with Gasteiger partial charge in [0.05, 0.1) is 12.0 Å². The molecule has 2 aromatic carbocycles. The lowest BCUT2D eigenvalue weighted by Crippen LogP contribution is -2.05. The fourth-order valence-corrected chi connectivity index (χ4v) is 2.89. The van der Waals surface area contributed by atoms with Crippen molar-refractivity contribution < 1.29 is 22.4 Å². The van der Waals surface area contributed by atoms with E-state index in [1.54, 1.807) is 30.3 Å². The second kappa shape index (κ2) is 6.37. The minimum absolute atomic E-state index is 0.0713. The van der Waals surface area contributed by atoms with Gasteiger partial charge in [0.15, 0.2) is 11.5 Å². The summed E-state index contributed by atoms with van der Waals surface area (Å²) in [6.45, 7) is 3.72. The van der Waals surface area contributed by atoms with Crippen LogP contribution in [0.4, 0.5) is 0 Å². The van der Waals surface area contributed by atoms with Gasteiger partial charge in [-0.25, -0.2) is 8.42 Å². The van der Waals surface area contributed by atoms with Gasteiger partial charge in [-0.15, -0.1) is 0 Å². The quantitative estimate of drug-likeness (QED) is 0.790. The third-order valence-electron chi connectivity index (χ3n) is 3.36. The van der Waals surface area contributed by atoms with Crippen molar-refractivity contribution in [2.24, 2.45) is 0 Å². The average Bonchev–Trinajstić information content (AvgIpc) is 2.47. The maximum absolute atomic E-state index is 11.5. The zero-order chi connectivity index (χ0) is 16.3. The Morgan fingerprint density at radius 2 is 1.73 bits per heavy atom. The Bertz CT molecular complexity index is 781. The summed E-state index contributed by atoms with van der Waals surface area (Å²) in [6, 6.07) is 9.75. The monoisotopic (exact) mass is 321 g/mol. The summed E-state index contributed by atoms with van der Waals surface area (Å²) >= 11 is 0. The molecule has 0 aliphatic rings. The molecule has 0 unspecified atom stereocenters. The zero-order valence-electron chi connectivity index (χ0n) is 12.6. The van der Waals surface area contributed by atoms with Gasteiger partial charge in [0.25, 0.3) is 0 Å². The van der Waals surface area contributed by atoms with E-state index in [4.69, 9.17) is 9.47 Å². The Morgan fingerprint density at radius 1 is 1.09 bits per heavy atom. The molecule has 2 rings (SSSR count). The van der Waals surface area contributed by atoms with Gasteiger partial charge in [0.1, 0.15) is 15.9 Å². The first kappa shape index (κ1) is 16.3. The largest absolute Gasteiger partial charge is 0.744 e. The van der Waals surface area contributed by atoms with Gasteiger partial charge in [-0.2, -0.15) is 0 Å². The summed E-state index contributed by atoms with van der Waals surface area (Å²) in [7, 11) is -3.15. The van der Waals surface area contributed by atoms with E-state index in [9.17, 15) is 13.0 Å². The Morgan fingerprint density at radius 3 is 2.27 bits per heavy atom. The molecule has 2 aromatic rings. The first-order chi connectivity index (χ1) is 10.4. The van der Waals surface area contributed by atoms with Gasteiger partial charge >= 0.3 is 0 Å². The number of methoxy groups -OCH3 is 1. The lowest BCUT2D eigenvalue weighted by atomic mass is 10.1. The van der Waals surface area contributed by atoms with Crippen molar-refractivity contribution in [3.05, 3.63) is 47.5 Å². The first-order valence-electron chi connectivity index (χ1n) is 6.77. The van der Waals surface area contributed by atoms with E-state index in [-0.39, 0.29) is 10.6 Å². The summed E-state index contributed by atoms with van der Waals surface area (Å²) in [4.78, 5) is -0.360. The van der Waals surface area contributed by atoms with Crippen LogP contribution in [-0.2, 0) is 16.5 Å². The van der Waals surface area contributed by atoms with Crippen LogP contribution in [0.3, 0.4) is 0 Å². The zero-order valence-corrected chi connectivity index (χ0v) is 13.4. The molecule has 0 aliphatic heterocycles. The molecular formula is C16H17O5S-. The van der Waals surface area contributed by atoms with E-state index in [0.29, 0.717) is 23.5 Å². The van der Waals surface area contributed by atoms with E-state index >= 15 is 0 Å². The second-order valence-corrected chi connectivity index (χ2v) is 6.10. The Labute approximate surface area is 130 Å². The molecule has 5 nitrogen and oxygen atoms in total.